The maximum absolute atomic E-state index is 6.33. The molecule has 0 spiro atoms. The van der Waals surface area contributed by atoms with E-state index in [4.69, 9.17) is 17.3 Å². The van der Waals surface area contributed by atoms with Gasteiger partial charge in [-0.1, -0.05) is 41.9 Å². The molecule has 0 aliphatic heterocycles. The molecule has 0 aliphatic rings. The lowest BCUT2D eigenvalue weighted by molar-refractivity contribution is 0.539. The van der Waals surface area contributed by atoms with E-state index in [2.05, 4.69) is 36.3 Å². The van der Waals surface area contributed by atoms with Crippen molar-refractivity contribution in [3.63, 3.8) is 0 Å². The van der Waals surface area contributed by atoms with Crippen molar-refractivity contribution in [1.82, 2.24) is 9.78 Å². The summed E-state index contributed by atoms with van der Waals surface area (Å²) in [5, 5.41) is 5.21. The molecule has 0 saturated carbocycles. The zero-order valence-electron chi connectivity index (χ0n) is 12.8. The van der Waals surface area contributed by atoms with Crippen LogP contribution in [0.4, 0.5) is 0 Å². The number of halogens is 1. The van der Waals surface area contributed by atoms with E-state index in [9.17, 15) is 0 Å². The van der Waals surface area contributed by atoms with Gasteiger partial charge in [0.2, 0.25) is 0 Å². The summed E-state index contributed by atoms with van der Waals surface area (Å²) < 4.78 is 1.97. The van der Waals surface area contributed by atoms with Crippen molar-refractivity contribution < 1.29 is 0 Å². The van der Waals surface area contributed by atoms with Crippen molar-refractivity contribution >= 4 is 11.6 Å². The van der Waals surface area contributed by atoms with Gasteiger partial charge < -0.3 is 5.73 Å². The number of hydrogen-bond donors (Lipinski definition) is 1. The molecule has 2 rings (SSSR count). The van der Waals surface area contributed by atoms with Crippen molar-refractivity contribution in [3.8, 4) is 0 Å². The van der Waals surface area contributed by atoms with Crippen LogP contribution in [-0.4, -0.2) is 15.8 Å². The fraction of sp³-hybridized carbons (Fsp3) is 0.471. The van der Waals surface area contributed by atoms with Gasteiger partial charge in [0, 0.05) is 19.0 Å². The summed E-state index contributed by atoms with van der Waals surface area (Å²) >= 11 is 6.33. The highest BCUT2D eigenvalue weighted by atomic mass is 35.5. The Morgan fingerprint density at radius 2 is 2.00 bits per heavy atom. The standard InChI is InChI=1S/C17H24ClN3/c1-3-21-16(17(18)13(2)20-21)12-15(19)11-7-10-14-8-5-4-6-9-14/h4-6,8-9,15H,3,7,10-12,19H2,1-2H3. The summed E-state index contributed by atoms with van der Waals surface area (Å²) in [6.45, 7) is 4.85. The Morgan fingerprint density at radius 1 is 1.29 bits per heavy atom. The van der Waals surface area contributed by atoms with E-state index in [1.165, 1.54) is 5.56 Å². The molecular formula is C17H24ClN3. The Labute approximate surface area is 132 Å². The molecule has 1 heterocycles. The highest BCUT2D eigenvalue weighted by Crippen LogP contribution is 2.22. The SMILES string of the molecule is CCn1nc(C)c(Cl)c1CC(N)CCCc1ccccc1. The van der Waals surface area contributed by atoms with Gasteiger partial charge in [-0.2, -0.15) is 5.10 Å². The van der Waals surface area contributed by atoms with Crippen LogP contribution < -0.4 is 5.73 Å². The van der Waals surface area contributed by atoms with E-state index in [-0.39, 0.29) is 6.04 Å². The lowest BCUT2D eigenvalue weighted by Gasteiger charge is -2.13. The predicted molar refractivity (Wildman–Crippen MR) is 88.7 cm³/mol. The van der Waals surface area contributed by atoms with Crippen LogP contribution in [0.2, 0.25) is 5.02 Å². The normalized spacial score (nSPS) is 12.6. The molecule has 0 fully saturated rings. The second-order valence-electron chi connectivity index (χ2n) is 5.50. The van der Waals surface area contributed by atoms with E-state index < -0.39 is 0 Å². The van der Waals surface area contributed by atoms with E-state index in [1.807, 2.05) is 17.7 Å². The summed E-state index contributed by atoms with van der Waals surface area (Å²) in [5.41, 5.74) is 9.61. The largest absolute Gasteiger partial charge is 0.327 e. The van der Waals surface area contributed by atoms with Gasteiger partial charge in [-0.05, 0) is 38.7 Å². The third-order valence-corrected chi connectivity index (χ3v) is 4.28. The van der Waals surface area contributed by atoms with E-state index >= 15 is 0 Å². The minimum absolute atomic E-state index is 0.132. The number of rotatable bonds is 7. The Bertz CT molecular complexity index is 563. The van der Waals surface area contributed by atoms with Crippen LogP contribution in [0, 0.1) is 6.92 Å². The predicted octanol–water partition coefficient (Wildman–Crippen LogP) is 3.76. The van der Waals surface area contributed by atoms with E-state index in [0.29, 0.717) is 0 Å². The number of aryl methyl sites for hydroxylation is 3. The first-order valence-electron chi connectivity index (χ1n) is 7.63. The van der Waals surface area contributed by atoms with Crippen LogP contribution >= 0.6 is 11.6 Å². The molecule has 114 valence electrons. The molecule has 1 aromatic heterocycles. The average molecular weight is 306 g/mol. The Morgan fingerprint density at radius 3 is 2.67 bits per heavy atom. The summed E-state index contributed by atoms with van der Waals surface area (Å²) in [4.78, 5) is 0. The average Bonchev–Trinajstić information content (AvgIpc) is 2.76. The van der Waals surface area contributed by atoms with Crippen molar-refractivity contribution in [1.29, 1.82) is 0 Å². The molecule has 1 atom stereocenters. The molecule has 1 unspecified atom stereocenters. The van der Waals surface area contributed by atoms with Crippen LogP contribution in [0.25, 0.3) is 0 Å². The summed E-state index contributed by atoms with van der Waals surface area (Å²) in [6.07, 6.45) is 3.97. The first-order valence-corrected chi connectivity index (χ1v) is 8.01. The fourth-order valence-electron chi connectivity index (χ4n) is 2.63. The van der Waals surface area contributed by atoms with Crippen LogP contribution in [-0.2, 0) is 19.4 Å². The number of nitrogens with zero attached hydrogens (tertiary/aromatic N) is 2. The molecule has 21 heavy (non-hydrogen) atoms. The minimum atomic E-state index is 0.132. The maximum Gasteiger partial charge on any atom is 0.0847 e. The molecule has 0 radical (unpaired) electrons. The molecule has 3 nitrogen and oxygen atoms in total. The zero-order valence-corrected chi connectivity index (χ0v) is 13.6. The second-order valence-corrected chi connectivity index (χ2v) is 5.88. The zero-order chi connectivity index (χ0) is 15.2. The number of nitrogens with two attached hydrogens (primary N) is 1. The van der Waals surface area contributed by atoms with Crippen LogP contribution in [0.1, 0.15) is 36.7 Å². The second kappa shape index (κ2) is 7.62. The highest BCUT2D eigenvalue weighted by molar-refractivity contribution is 6.31. The van der Waals surface area contributed by atoms with Crippen molar-refractivity contribution in [2.45, 2.75) is 52.1 Å². The highest BCUT2D eigenvalue weighted by Gasteiger charge is 2.15. The molecule has 0 saturated heterocycles. The monoisotopic (exact) mass is 305 g/mol. The minimum Gasteiger partial charge on any atom is -0.327 e. The van der Waals surface area contributed by atoms with Gasteiger partial charge in [0.1, 0.15) is 0 Å². The molecule has 2 aromatic rings. The van der Waals surface area contributed by atoms with Crippen molar-refractivity contribution in [3.05, 3.63) is 52.3 Å². The third-order valence-electron chi connectivity index (χ3n) is 3.79. The van der Waals surface area contributed by atoms with Crippen molar-refractivity contribution in [2.75, 3.05) is 0 Å². The Hall–Kier alpha value is -1.32. The Kier molecular flexibility index (Phi) is 5.83. The lowest BCUT2D eigenvalue weighted by atomic mass is 10.0. The van der Waals surface area contributed by atoms with Gasteiger partial charge in [0.25, 0.3) is 0 Å². The molecule has 0 bridgehead atoms. The van der Waals surface area contributed by atoms with Crippen LogP contribution in [0.3, 0.4) is 0 Å². The summed E-state index contributed by atoms with van der Waals surface area (Å²) in [6, 6.07) is 10.7. The molecule has 0 amide bonds. The summed E-state index contributed by atoms with van der Waals surface area (Å²) in [7, 11) is 0. The van der Waals surface area contributed by atoms with Gasteiger partial charge in [-0.3, -0.25) is 4.68 Å². The topological polar surface area (TPSA) is 43.8 Å². The molecule has 2 N–H and O–H groups in total. The van der Waals surface area contributed by atoms with Gasteiger partial charge in [-0.15, -0.1) is 0 Å². The molecule has 4 heteroatoms. The van der Waals surface area contributed by atoms with Crippen molar-refractivity contribution in [2.24, 2.45) is 5.73 Å². The lowest BCUT2D eigenvalue weighted by Crippen LogP contribution is -2.24. The van der Waals surface area contributed by atoms with Gasteiger partial charge in [0.05, 0.1) is 16.4 Å². The molecule has 1 aromatic carbocycles. The molecular weight excluding hydrogens is 282 g/mol. The van der Waals surface area contributed by atoms with E-state index in [1.54, 1.807) is 0 Å². The summed E-state index contributed by atoms with van der Waals surface area (Å²) in [5.74, 6) is 0. The van der Waals surface area contributed by atoms with E-state index in [0.717, 1.165) is 48.6 Å². The Balaban J connectivity index is 1.86. The van der Waals surface area contributed by atoms with Crippen LogP contribution in [0.15, 0.2) is 30.3 Å². The first kappa shape index (κ1) is 16.1. The number of hydrogen-bond acceptors (Lipinski definition) is 2. The molecule has 0 aliphatic carbocycles. The number of benzene rings is 1. The van der Waals surface area contributed by atoms with Gasteiger partial charge >= 0.3 is 0 Å². The number of aromatic nitrogens is 2. The fourth-order valence-corrected chi connectivity index (χ4v) is 2.84. The van der Waals surface area contributed by atoms with Crippen LogP contribution in [0.5, 0.6) is 0 Å². The maximum atomic E-state index is 6.33. The quantitative estimate of drug-likeness (QED) is 0.846. The first-order chi connectivity index (χ1) is 10.1. The smallest absolute Gasteiger partial charge is 0.0847 e. The third kappa shape index (κ3) is 4.32. The van der Waals surface area contributed by atoms with Gasteiger partial charge in [-0.25, -0.2) is 0 Å². The van der Waals surface area contributed by atoms with Gasteiger partial charge in [0.15, 0.2) is 0 Å².